The number of hydrogen-bond acceptors (Lipinski definition) is 7. The van der Waals surface area contributed by atoms with Gasteiger partial charge in [0.15, 0.2) is 16.4 Å². The molecule has 4 rings (SSSR count). The standard InChI is InChI=1S/C25H26N2O7S/c1-16-12-22(17(2)26(16)20-10-11-35(31,32)15-20)24(28)14-34-25-9-6-19(27(29)30)13-23(25)18-4-7-21(33-3)8-5-18/h4-9,12-13,20H,10-11,14-15H2,1-3H3. The summed E-state index contributed by atoms with van der Waals surface area (Å²) < 4.78 is 36.8. The Kier molecular flexibility index (Phi) is 6.66. The van der Waals surface area contributed by atoms with Crippen LogP contribution in [0.3, 0.4) is 0 Å². The number of methoxy groups -OCH3 is 1. The molecule has 35 heavy (non-hydrogen) atoms. The lowest BCUT2D eigenvalue weighted by Gasteiger charge is -2.16. The van der Waals surface area contributed by atoms with E-state index >= 15 is 0 Å². The highest BCUT2D eigenvalue weighted by atomic mass is 32.2. The van der Waals surface area contributed by atoms with Crippen molar-refractivity contribution in [1.82, 2.24) is 4.57 Å². The first kappa shape index (κ1) is 24.5. The van der Waals surface area contributed by atoms with Gasteiger partial charge < -0.3 is 14.0 Å². The molecular formula is C25H26N2O7S. The van der Waals surface area contributed by atoms with E-state index in [1.54, 1.807) is 44.4 Å². The number of ether oxygens (including phenoxy) is 2. The molecule has 184 valence electrons. The van der Waals surface area contributed by atoms with Gasteiger partial charge in [-0.15, -0.1) is 0 Å². The van der Waals surface area contributed by atoms with Crippen molar-refractivity contribution in [2.75, 3.05) is 25.2 Å². The number of carbonyl (C=O) groups is 1. The normalized spacial score (nSPS) is 16.7. The molecule has 1 aliphatic rings. The van der Waals surface area contributed by atoms with E-state index in [4.69, 9.17) is 9.47 Å². The third-order valence-corrected chi connectivity index (χ3v) is 8.04. The highest BCUT2D eigenvalue weighted by Gasteiger charge is 2.31. The van der Waals surface area contributed by atoms with E-state index in [-0.39, 0.29) is 35.6 Å². The van der Waals surface area contributed by atoms with Crippen LogP contribution in [0.4, 0.5) is 5.69 Å². The van der Waals surface area contributed by atoms with E-state index in [9.17, 15) is 23.3 Å². The Labute approximate surface area is 203 Å². The van der Waals surface area contributed by atoms with Gasteiger partial charge in [-0.1, -0.05) is 12.1 Å². The van der Waals surface area contributed by atoms with Crippen LogP contribution in [0.5, 0.6) is 11.5 Å². The van der Waals surface area contributed by atoms with E-state index < -0.39 is 14.8 Å². The van der Waals surface area contributed by atoms with Crippen molar-refractivity contribution in [3.05, 3.63) is 75.6 Å². The Balaban J connectivity index is 1.58. The number of carbonyl (C=O) groups excluding carboxylic acids is 1. The van der Waals surface area contributed by atoms with Crippen LogP contribution in [0.15, 0.2) is 48.5 Å². The second kappa shape index (κ2) is 9.53. The molecule has 1 unspecified atom stereocenters. The summed E-state index contributed by atoms with van der Waals surface area (Å²) in [7, 11) is -1.52. The predicted molar refractivity (Wildman–Crippen MR) is 131 cm³/mol. The van der Waals surface area contributed by atoms with Crippen LogP contribution in [0.2, 0.25) is 0 Å². The van der Waals surface area contributed by atoms with E-state index in [1.165, 1.54) is 18.2 Å². The SMILES string of the molecule is COc1ccc(-c2cc([N+](=O)[O-])ccc2OCC(=O)c2cc(C)n(C3CCS(=O)(=O)C3)c2C)cc1. The summed E-state index contributed by atoms with van der Waals surface area (Å²) in [5.41, 5.74) is 3.07. The number of nitro groups is 1. The summed E-state index contributed by atoms with van der Waals surface area (Å²) in [6, 6.07) is 12.8. The summed E-state index contributed by atoms with van der Waals surface area (Å²) in [5.74, 6) is 0.938. The van der Waals surface area contributed by atoms with Crippen molar-refractivity contribution in [2.24, 2.45) is 0 Å². The molecule has 1 aliphatic heterocycles. The molecule has 1 saturated heterocycles. The zero-order valence-corrected chi connectivity index (χ0v) is 20.5. The third kappa shape index (κ3) is 5.07. The Bertz CT molecular complexity index is 1390. The summed E-state index contributed by atoms with van der Waals surface area (Å²) in [5, 5.41) is 11.3. The van der Waals surface area contributed by atoms with Crippen LogP contribution >= 0.6 is 0 Å². The van der Waals surface area contributed by atoms with Crippen molar-refractivity contribution >= 4 is 21.3 Å². The maximum atomic E-state index is 13.1. The third-order valence-electron chi connectivity index (χ3n) is 6.29. The van der Waals surface area contributed by atoms with Gasteiger partial charge in [0.1, 0.15) is 11.5 Å². The van der Waals surface area contributed by atoms with Gasteiger partial charge in [0.25, 0.3) is 5.69 Å². The van der Waals surface area contributed by atoms with Gasteiger partial charge >= 0.3 is 0 Å². The number of non-ortho nitro benzene ring substituents is 1. The number of hydrogen-bond donors (Lipinski definition) is 0. The minimum Gasteiger partial charge on any atom is -0.497 e. The van der Waals surface area contributed by atoms with Crippen molar-refractivity contribution in [3.8, 4) is 22.6 Å². The molecule has 0 N–H and O–H groups in total. The molecule has 10 heteroatoms. The van der Waals surface area contributed by atoms with Crippen LogP contribution in [0.25, 0.3) is 11.1 Å². The van der Waals surface area contributed by atoms with Crippen molar-refractivity contribution < 1.29 is 27.6 Å². The Morgan fingerprint density at radius 1 is 1.14 bits per heavy atom. The zero-order chi connectivity index (χ0) is 25.3. The smallest absolute Gasteiger partial charge is 0.270 e. The van der Waals surface area contributed by atoms with Crippen LogP contribution < -0.4 is 9.47 Å². The van der Waals surface area contributed by atoms with E-state index in [2.05, 4.69) is 0 Å². The molecule has 0 aliphatic carbocycles. The second-order valence-electron chi connectivity index (χ2n) is 8.59. The Morgan fingerprint density at radius 2 is 1.86 bits per heavy atom. The first-order valence-corrected chi connectivity index (χ1v) is 12.9. The van der Waals surface area contributed by atoms with Gasteiger partial charge in [0.2, 0.25) is 5.78 Å². The monoisotopic (exact) mass is 498 g/mol. The fraction of sp³-hybridized carbons (Fsp3) is 0.320. The number of benzene rings is 2. The van der Waals surface area contributed by atoms with Gasteiger partial charge in [-0.25, -0.2) is 8.42 Å². The van der Waals surface area contributed by atoms with Gasteiger partial charge in [0, 0.05) is 40.7 Å². The minimum atomic E-state index is -3.07. The van der Waals surface area contributed by atoms with Gasteiger partial charge in [-0.05, 0) is 50.1 Å². The van der Waals surface area contributed by atoms with Crippen molar-refractivity contribution in [1.29, 1.82) is 0 Å². The maximum Gasteiger partial charge on any atom is 0.270 e. The highest BCUT2D eigenvalue weighted by Crippen LogP contribution is 2.35. The predicted octanol–water partition coefficient (Wildman–Crippen LogP) is 4.31. The van der Waals surface area contributed by atoms with E-state index in [0.717, 1.165) is 5.69 Å². The molecule has 1 atom stereocenters. The lowest BCUT2D eigenvalue weighted by Crippen LogP contribution is -2.16. The fourth-order valence-electron chi connectivity index (χ4n) is 4.57. The number of ketones is 1. The first-order valence-electron chi connectivity index (χ1n) is 11.1. The molecule has 0 spiro atoms. The van der Waals surface area contributed by atoms with Crippen LogP contribution in [0, 0.1) is 24.0 Å². The van der Waals surface area contributed by atoms with Gasteiger partial charge in [0.05, 0.1) is 23.5 Å². The number of nitro benzene ring substituents is 1. The zero-order valence-electron chi connectivity index (χ0n) is 19.7. The number of nitrogens with zero attached hydrogens (tertiary/aromatic N) is 2. The molecule has 1 fully saturated rings. The number of Topliss-reactive ketones (excluding diaryl/α,β-unsaturated/α-hetero) is 1. The van der Waals surface area contributed by atoms with Gasteiger partial charge in [-0.3, -0.25) is 14.9 Å². The fourth-order valence-corrected chi connectivity index (χ4v) is 6.27. The molecule has 9 nitrogen and oxygen atoms in total. The average molecular weight is 499 g/mol. The molecule has 2 aromatic carbocycles. The molecule has 0 radical (unpaired) electrons. The van der Waals surface area contributed by atoms with Crippen molar-refractivity contribution in [3.63, 3.8) is 0 Å². The molecule has 2 heterocycles. The van der Waals surface area contributed by atoms with E-state index in [1.807, 2.05) is 11.5 Å². The number of rotatable bonds is 8. The first-order chi connectivity index (χ1) is 16.6. The maximum absolute atomic E-state index is 13.1. The molecule has 3 aromatic rings. The quantitative estimate of drug-likeness (QED) is 0.258. The lowest BCUT2D eigenvalue weighted by molar-refractivity contribution is -0.384. The lowest BCUT2D eigenvalue weighted by atomic mass is 10.0. The summed E-state index contributed by atoms with van der Waals surface area (Å²) in [4.78, 5) is 23.9. The molecular weight excluding hydrogens is 472 g/mol. The Morgan fingerprint density at radius 3 is 2.46 bits per heavy atom. The summed E-state index contributed by atoms with van der Waals surface area (Å²) >= 11 is 0. The topological polar surface area (TPSA) is 118 Å². The minimum absolute atomic E-state index is 0.0709. The largest absolute Gasteiger partial charge is 0.497 e. The molecule has 0 bridgehead atoms. The van der Waals surface area contributed by atoms with Crippen molar-refractivity contribution in [2.45, 2.75) is 26.3 Å². The molecule has 0 saturated carbocycles. The van der Waals surface area contributed by atoms with E-state index in [0.29, 0.717) is 40.3 Å². The van der Waals surface area contributed by atoms with Crippen LogP contribution in [-0.4, -0.2) is 48.9 Å². The summed E-state index contributed by atoms with van der Waals surface area (Å²) in [6.45, 7) is 3.39. The number of sulfone groups is 1. The highest BCUT2D eigenvalue weighted by molar-refractivity contribution is 7.91. The van der Waals surface area contributed by atoms with Crippen LogP contribution in [0.1, 0.15) is 34.2 Å². The van der Waals surface area contributed by atoms with Crippen LogP contribution in [-0.2, 0) is 9.84 Å². The molecule has 1 aromatic heterocycles. The summed E-state index contributed by atoms with van der Waals surface area (Å²) in [6.07, 6.45) is 0.525. The average Bonchev–Trinajstić information content (AvgIpc) is 3.34. The molecule has 0 amide bonds. The number of aromatic nitrogens is 1. The van der Waals surface area contributed by atoms with Gasteiger partial charge in [-0.2, -0.15) is 0 Å². The second-order valence-corrected chi connectivity index (χ2v) is 10.8. The number of aryl methyl sites for hydroxylation is 1. The Hall–Kier alpha value is -3.66.